The van der Waals surface area contributed by atoms with Gasteiger partial charge in [-0.3, -0.25) is 14.4 Å². The SMILES string of the molecule is C=CC[N+](C)(C)CC(C)CC(CC(C)C(N)=O)C(=O)NC(C)C(=O)Cl. The minimum Gasteiger partial charge on any atom is -0.369 e. The van der Waals surface area contributed by atoms with E-state index < -0.39 is 29.0 Å². The molecule has 0 radical (unpaired) electrons. The van der Waals surface area contributed by atoms with E-state index in [0.29, 0.717) is 12.8 Å². The van der Waals surface area contributed by atoms with Gasteiger partial charge in [-0.25, -0.2) is 0 Å². The number of carbonyl (C=O) groups excluding carboxylic acids is 3. The number of amides is 2. The molecule has 0 aliphatic rings. The van der Waals surface area contributed by atoms with Crippen LogP contribution in [-0.2, 0) is 14.4 Å². The Labute approximate surface area is 156 Å². The highest BCUT2D eigenvalue weighted by Crippen LogP contribution is 2.23. The van der Waals surface area contributed by atoms with Gasteiger partial charge in [-0.1, -0.05) is 20.4 Å². The van der Waals surface area contributed by atoms with Crippen molar-refractivity contribution in [1.82, 2.24) is 5.32 Å². The average molecular weight is 375 g/mol. The Hall–Kier alpha value is -1.40. The number of nitrogens with zero attached hydrogens (tertiary/aromatic N) is 1. The maximum Gasteiger partial charge on any atom is 0.243 e. The largest absolute Gasteiger partial charge is 0.369 e. The molecule has 6 nitrogen and oxygen atoms in total. The van der Waals surface area contributed by atoms with Gasteiger partial charge in [0, 0.05) is 17.8 Å². The molecule has 0 heterocycles. The number of nitrogens with two attached hydrogens (primary N) is 1. The Morgan fingerprint density at radius 2 is 1.76 bits per heavy atom. The van der Waals surface area contributed by atoms with Gasteiger partial charge < -0.3 is 15.5 Å². The first-order valence-electron chi connectivity index (χ1n) is 8.61. The van der Waals surface area contributed by atoms with E-state index in [0.717, 1.165) is 17.6 Å². The van der Waals surface area contributed by atoms with Gasteiger partial charge in [-0.2, -0.15) is 0 Å². The molecule has 3 N–H and O–H groups in total. The van der Waals surface area contributed by atoms with Crippen molar-refractivity contribution in [3.05, 3.63) is 12.7 Å². The van der Waals surface area contributed by atoms with Crippen molar-refractivity contribution < 1.29 is 18.9 Å². The van der Waals surface area contributed by atoms with Crippen LogP contribution < -0.4 is 11.1 Å². The number of primary amides is 1. The molecule has 7 heteroatoms. The molecular weight excluding hydrogens is 342 g/mol. The average Bonchev–Trinajstić information content (AvgIpc) is 2.44. The van der Waals surface area contributed by atoms with Crippen LogP contribution in [0.5, 0.6) is 0 Å². The molecule has 0 saturated carbocycles. The van der Waals surface area contributed by atoms with Crippen molar-refractivity contribution in [2.75, 3.05) is 27.2 Å². The van der Waals surface area contributed by atoms with Crippen LogP contribution in [0.15, 0.2) is 12.7 Å². The molecule has 0 aromatic heterocycles. The Morgan fingerprint density at radius 3 is 2.20 bits per heavy atom. The third kappa shape index (κ3) is 9.60. The molecule has 0 aliphatic heterocycles. The predicted molar refractivity (Wildman–Crippen MR) is 101 cm³/mol. The van der Waals surface area contributed by atoms with Crippen LogP contribution in [0.25, 0.3) is 0 Å². The van der Waals surface area contributed by atoms with E-state index in [1.54, 1.807) is 6.92 Å². The van der Waals surface area contributed by atoms with Crippen LogP contribution in [0.1, 0.15) is 33.6 Å². The Morgan fingerprint density at radius 1 is 1.20 bits per heavy atom. The van der Waals surface area contributed by atoms with Crippen LogP contribution in [0.3, 0.4) is 0 Å². The Kier molecular flexibility index (Phi) is 9.97. The van der Waals surface area contributed by atoms with Crippen molar-refractivity contribution in [3.8, 4) is 0 Å². The van der Waals surface area contributed by atoms with Crippen LogP contribution in [-0.4, -0.2) is 54.8 Å². The molecule has 2 amide bonds. The van der Waals surface area contributed by atoms with Gasteiger partial charge in [0.25, 0.3) is 0 Å². The molecule has 0 aliphatic carbocycles. The summed E-state index contributed by atoms with van der Waals surface area (Å²) in [7, 11) is 4.21. The smallest absolute Gasteiger partial charge is 0.243 e. The fourth-order valence-electron chi connectivity index (χ4n) is 3.07. The Bertz CT molecular complexity index is 494. The number of hydrogen-bond donors (Lipinski definition) is 2. The highest BCUT2D eigenvalue weighted by atomic mass is 35.5. The number of hydrogen-bond acceptors (Lipinski definition) is 3. The summed E-state index contributed by atoms with van der Waals surface area (Å²) in [6, 6.07) is -0.760. The summed E-state index contributed by atoms with van der Waals surface area (Å²) in [6.07, 6.45) is 2.83. The topological polar surface area (TPSA) is 89.3 Å². The molecule has 0 spiro atoms. The van der Waals surface area contributed by atoms with Gasteiger partial charge >= 0.3 is 0 Å². The first kappa shape index (κ1) is 23.6. The van der Waals surface area contributed by atoms with E-state index in [2.05, 4.69) is 32.9 Å². The summed E-state index contributed by atoms with van der Waals surface area (Å²) in [6.45, 7) is 10.8. The minimum atomic E-state index is -0.760. The highest BCUT2D eigenvalue weighted by Gasteiger charge is 2.29. The third-order valence-corrected chi connectivity index (χ3v) is 4.64. The van der Waals surface area contributed by atoms with Crippen LogP contribution >= 0.6 is 11.6 Å². The molecule has 0 aromatic rings. The monoisotopic (exact) mass is 374 g/mol. The van der Waals surface area contributed by atoms with Gasteiger partial charge in [0.2, 0.25) is 17.1 Å². The van der Waals surface area contributed by atoms with Gasteiger partial charge in [-0.05, 0) is 37.4 Å². The first-order chi connectivity index (χ1) is 11.4. The van der Waals surface area contributed by atoms with Crippen LogP contribution in [0.2, 0.25) is 0 Å². The van der Waals surface area contributed by atoms with Crippen molar-refractivity contribution >= 4 is 28.7 Å². The number of quaternary nitrogens is 1. The lowest BCUT2D eigenvalue weighted by Gasteiger charge is -2.32. The van der Waals surface area contributed by atoms with Crippen LogP contribution in [0.4, 0.5) is 0 Å². The fourth-order valence-corrected chi connectivity index (χ4v) is 3.12. The quantitative estimate of drug-likeness (QED) is 0.309. The second-order valence-electron chi connectivity index (χ2n) is 7.70. The molecule has 0 aromatic carbocycles. The molecule has 0 saturated heterocycles. The molecule has 0 fully saturated rings. The zero-order valence-electron chi connectivity index (χ0n) is 16.0. The van der Waals surface area contributed by atoms with Gasteiger partial charge in [-0.15, -0.1) is 0 Å². The standard InChI is InChI=1S/C18H32ClN3O3/c1-7-8-22(5,6)11-12(2)9-15(10-13(3)17(20)24)18(25)21-14(4)16(19)23/h7,12-15H,1,8-11H2,2-6H3,(H2-,20,21,24,25)/p+1. The molecule has 25 heavy (non-hydrogen) atoms. The lowest BCUT2D eigenvalue weighted by molar-refractivity contribution is -0.887. The summed E-state index contributed by atoms with van der Waals surface area (Å²) in [5.41, 5.74) is 5.35. The summed E-state index contributed by atoms with van der Waals surface area (Å²) in [5, 5.41) is 2.00. The van der Waals surface area contributed by atoms with E-state index in [1.165, 1.54) is 6.92 Å². The maximum atomic E-state index is 12.5. The van der Waals surface area contributed by atoms with Crippen molar-refractivity contribution in [2.45, 2.75) is 39.7 Å². The summed E-state index contributed by atoms with van der Waals surface area (Å²) in [4.78, 5) is 35.1. The summed E-state index contributed by atoms with van der Waals surface area (Å²) < 4.78 is 0.765. The molecular formula is C18H33ClN3O3+. The normalized spacial score (nSPS) is 16.4. The molecule has 144 valence electrons. The van der Waals surface area contributed by atoms with E-state index in [1.807, 2.05) is 6.08 Å². The second kappa shape index (κ2) is 10.6. The van der Waals surface area contributed by atoms with E-state index in [9.17, 15) is 14.4 Å². The maximum absolute atomic E-state index is 12.5. The van der Waals surface area contributed by atoms with Crippen molar-refractivity contribution in [3.63, 3.8) is 0 Å². The number of likely N-dealkylation sites (N-methyl/N-ethyl adjacent to an activating group) is 1. The van der Waals surface area contributed by atoms with E-state index in [4.69, 9.17) is 17.3 Å². The van der Waals surface area contributed by atoms with E-state index >= 15 is 0 Å². The number of nitrogens with one attached hydrogen (secondary N) is 1. The number of carbonyl (C=O) groups is 3. The number of halogens is 1. The second-order valence-corrected chi connectivity index (χ2v) is 8.07. The number of rotatable bonds is 12. The van der Waals surface area contributed by atoms with Gasteiger partial charge in [0.15, 0.2) is 0 Å². The van der Waals surface area contributed by atoms with Crippen molar-refractivity contribution in [2.24, 2.45) is 23.5 Å². The van der Waals surface area contributed by atoms with E-state index in [-0.39, 0.29) is 11.8 Å². The zero-order chi connectivity index (χ0) is 19.8. The lowest BCUT2D eigenvalue weighted by Crippen LogP contribution is -2.45. The third-order valence-electron chi connectivity index (χ3n) is 4.31. The van der Waals surface area contributed by atoms with Gasteiger partial charge in [0.1, 0.15) is 6.04 Å². The predicted octanol–water partition coefficient (Wildman–Crippen LogP) is 1.67. The zero-order valence-corrected chi connectivity index (χ0v) is 16.8. The highest BCUT2D eigenvalue weighted by molar-refractivity contribution is 6.64. The lowest BCUT2D eigenvalue weighted by atomic mass is 9.86. The first-order valence-corrected chi connectivity index (χ1v) is 8.99. The summed E-state index contributed by atoms with van der Waals surface area (Å²) in [5.74, 6) is -1.28. The molecule has 0 rings (SSSR count). The van der Waals surface area contributed by atoms with Crippen molar-refractivity contribution in [1.29, 1.82) is 0 Å². The molecule has 4 atom stereocenters. The van der Waals surface area contributed by atoms with Gasteiger partial charge in [0.05, 0.1) is 27.2 Å². The molecule has 0 bridgehead atoms. The summed E-state index contributed by atoms with van der Waals surface area (Å²) >= 11 is 5.42. The van der Waals surface area contributed by atoms with Crippen LogP contribution in [0, 0.1) is 17.8 Å². The fraction of sp³-hybridized carbons (Fsp3) is 0.722. The Balaban J connectivity index is 5.05. The molecule has 4 unspecified atom stereocenters. The minimum absolute atomic E-state index is 0.243.